The van der Waals surface area contributed by atoms with Gasteiger partial charge in [0.1, 0.15) is 5.75 Å². The van der Waals surface area contributed by atoms with E-state index in [9.17, 15) is 0 Å². The number of nitrogens with two attached hydrogens (primary N) is 1. The third-order valence-corrected chi connectivity index (χ3v) is 4.06. The van der Waals surface area contributed by atoms with Gasteiger partial charge in [-0.25, -0.2) is 0 Å². The molecule has 0 atom stereocenters. The van der Waals surface area contributed by atoms with Crippen LogP contribution in [-0.2, 0) is 5.41 Å². The number of rotatable bonds is 6. The van der Waals surface area contributed by atoms with Crippen molar-refractivity contribution in [1.82, 2.24) is 0 Å². The average Bonchev–Trinajstić information content (AvgIpc) is 2.39. The van der Waals surface area contributed by atoms with Crippen LogP contribution in [-0.4, -0.2) is 27.4 Å². The SMILES string of the molecule is CCOc1cc(C2(CN)CCC2)c(OC)cc1OC. The van der Waals surface area contributed by atoms with Crippen molar-refractivity contribution in [2.45, 2.75) is 31.6 Å². The summed E-state index contributed by atoms with van der Waals surface area (Å²) in [7, 11) is 3.32. The van der Waals surface area contributed by atoms with Crippen LogP contribution in [0.15, 0.2) is 12.1 Å². The predicted molar refractivity (Wildman–Crippen MR) is 75.3 cm³/mol. The molecule has 106 valence electrons. The van der Waals surface area contributed by atoms with Gasteiger partial charge in [0.2, 0.25) is 0 Å². The normalized spacial score (nSPS) is 16.6. The van der Waals surface area contributed by atoms with Crippen LogP contribution in [0, 0.1) is 0 Å². The maximum atomic E-state index is 5.99. The molecule has 0 spiro atoms. The monoisotopic (exact) mass is 265 g/mol. The minimum Gasteiger partial charge on any atom is -0.496 e. The molecular weight excluding hydrogens is 242 g/mol. The van der Waals surface area contributed by atoms with Gasteiger partial charge in [-0.2, -0.15) is 0 Å². The Labute approximate surface area is 114 Å². The number of hydrogen-bond donors (Lipinski definition) is 1. The molecule has 19 heavy (non-hydrogen) atoms. The van der Waals surface area contributed by atoms with Crippen LogP contribution >= 0.6 is 0 Å². The molecule has 1 fully saturated rings. The maximum absolute atomic E-state index is 5.99. The summed E-state index contributed by atoms with van der Waals surface area (Å²) in [6.07, 6.45) is 3.44. The molecule has 4 nitrogen and oxygen atoms in total. The van der Waals surface area contributed by atoms with Crippen LogP contribution in [0.25, 0.3) is 0 Å². The van der Waals surface area contributed by atoms with Gasteiger partial charge in [-0.3, -0.25) is 0 Å². The number of methoxy groups -OCH3 is 2. The Morgan fingerprint density at radius 1 is 1.11 bits per heavy atom. The van der Waals surface area contributed by atoms with Crippen LogP contribution in [0.4, 0.5) is 0 Å². The first-order valence-corrected chi connectivity index (χ1v) is 6.80. The summed E-state index contributed by atoms with van der Waals surface area (Å²) in [5.74, 6) is 2.31. The molecule has 0 amide bonds. The van der Waals surface area contributed by atoms with Gasteiger partial charge in [0.25, 0.3) is 0 Å². The van der Waals surface area contributed by atoms with Gasteiger partial charge in [0, 0.05) is 23.6 Å². The van der Waals surface area contributed by atoms with Crippen molar-refractivity contribution >= 4 is 0 Å². The van der Waals surface area contributed by atoms with E-state index in [1.54, 1.807) is 14.2 Å². The highest BCUT2D eigenvalue weighted by Crippen LogP contribution is 2.49. The average molecular weight is 265 g/mol. The van der Waals surface area contributed by atoms with Gasteiger partial charge in [-0.1, -0.05) is 6.42 Å². The highest BCUT2D eigenvalue weighted by molar-refractivity contribution is 5.54. The minimum atomic E-state index is 0.0451. The summed E-state index contributed by atoms with van der Waals surface area (Å²) in [6.45, 7) is 3.21. The molecule has 0 aromatic heterocycles. The highest BCUT2D eigenvalue weighted by Gasteiger charge is 2.40. The van der Waals surface area contributed by atoms with E-state index in [2.05, 4.69) is 0 Å². The molecular formula is C15H23NO3. The lowest BCUT2D eigenvalue weighted by Gasteiger charge is -2.42. The largest absolute Gasteiger partial charge is 0.496 e. The van der Waals surface area contributed by atoms with Crippen LogP contribution in [0.1, 0.15) is 31.7 Å². The molecule has 2 rings (SSSR count). The topological polar surface area (TPSA) is 53.7 Å². The molecule has 0 radical (unpaired) electrons. The Hall–Kier alpha value is -1.42. The van der Waals surface area contributed by atoms with Gasteiger partial charge in [0.05, 0.1) is 20.8 Å². The van der Waals surface area contributed by atoms with Gasteiger partial charge in [0.15, 0.2) is 11.5 Å². The molecule has 1 saturated carbocycles. The zero-order chi connectivity index (χ0) is 13.9. The Morgan fingerprint density at radius 3 is 2.21 bits per heavy atom. The van der Waals surface area contributed by atoms with Crippen molar-refractivity contribution in [1.29, 1.82) is 0 Å². The van der Waals surface area contributed by atoms with Crippen molar-refractivity contribution in [3.8, 4) is 17.2 Å². The van der Waals surface area contributed by atoms with Gasteiger partial charge < -0.3 is 19.9 Å². The number of ether oxygens (including phenoxy) is 3. The Kier molecular flexibility index (Phi) is 4.20. The smallest absolute Gasteiger partial charge is 0.164 e. The molecule has 4 heteroatoms. The third-order valence-electron chi connectivity index (χ3n) is 4.06. The molecule has 0 aliphatic heterocycles. The summed E-state index contributed by atoms with van der Waals surface area (Å²) < 4.78 is 16.5. The highest BCUT2D eigenvalue weighted by atomic mass is 16.5. The second-order valence-electron chi connectivity index (χ2n) is 4.97. The Bertz CT molecular complexity index is 436. The first-order chi connectivity index (χ1) is 9.20. The zero-order valence-corrected chi connectivity index (χ0v) is 12.0. The lowest BCUT2D eigenvalue weighted by Crippen LogP contribution is -2.41. The quantitative estimate of drug-likeness (QED) is 0.858. The van der Waals surface area contributed by atoms with Crippen molar-refractivity contribution in [2.24, 2.45) is 5.73 Å². The van der Waals surface area contributed by atoms with Crippen LogP contribution in [0.2, 0.25) is 0 Å². The third kappa shape index (κ3) is 2.37. The predicted octanol–water partition coefficient (Wildman–Crippen LogP) is 2.48. The van der Waals surface area contributed by atoms with E-state index < -0.39 is 0 Å². The zero-order valence-electron chi connectivity index (χ0n) is 12.0. The molecule has 0 heterocycles. The summed E-state index contributed by atoms with van der Waals surface area (Å²) in [5.41, 5.74) is 7.18. The summed E-state index contributed by atoms with van der Waals surface area (Å²) in [5, 5.41) is 0. The van der Waals surface area contributed by atoms with E-state index in [1.165, 1.54) is 6.42 Å². The van der Waals surface area contributed by atoms with Crippen LogP contribution in [0.3, 0.4) is 0 Å². The van der Waals surface area contributed by atoms with E-state index in [-0.39, 0.29) is 5.41 Å². The summed E-state index contributed by atoms with van der Waals surface area (Å²) in [6, 6.07) is 3.93. The minimum absolute atomic E-state index is 0.0451. The fourth-order valence-electron chi connectivity index (χ4n) is 2.74. The Morgan fingerprint density at radius 2 is 1.79 bits per heavy atom. The second-order valence-corrected chi connectivity index (χ2v) is 4.97. The molecule has 0 bridgehead atoms. The van der Waals surface area contributed by atoms with Crippen LogP contribution < -0.4 is 19.9 Å². The van der Waals surface area contributed by atoms with Crippen molar-refractivity contribution in [3.05, 3.63) is 17.7 Å². The molecule has 0 unspecified atom stereocenters. The summed E-state index contributed by atoms with van der Waals surface area (Å²) in [4.78, 5) is 0. The van der Waals surface area contributed by atoms with E-state index in [1.807, 2.05) is 19.1 Å². The lowest BCUT2D eigenvalue weighted by atomic mass is 9.64. The standard InChI is InChI=1S/C15H23NO3/c1-4-19-14-8-11(15(10-16)6-5-7-15)12(17-2)9-13(14)18-3/h8-9H,4-7,10,16H2,1-3H3. The summed E-state index contributed by atoms with van der Waals surface area (Å²) >= 11 is 0. The maximum Gasteiger partial charge on any atom is 0.164 e. The molecule has 1 aliphatic carbocycles. The van der Waals surface area contributed by atoms with E-state index in [0.29, 0.717) is 18.9 Å². The van der Waals surface area contributed by atoms with E-state index in [0.717, 1.165) is 29.9 Å². The number of hydrogen-bond acceptors (Lipinski definition) is 4. The van der Waals surface area contributed by atoms with Crippen molar-refractivity contribution in [2.75, 3.05) is 27.4 Å². The Balaban J connectivity index is 2.49. The first kappa shape index (κ1) is 14.0. The van der Waals surface area contributed by atoms with E-state index in [4.69, 9.17) is 19.9 Å². The fraction of sp³-hybridized carbons (Fsp3) is 0.600. The lowest BCUT2D eigenvalue weighted by molar-refractivity contribution is 0.240. The van der Waals surface area contributed by atoms with Gasteiger partial charge >= 0.3 is 0 Å². The van der Waals surface area contributed by atoms with E-state index >= 15 is 0 Å². The molecule has 0 saturated heterocycles. The van der Waals surface area contributed by atoms with Crippen molar-refractivity contribution < 1.29 is 14.2 Å². The number of benzene rings is 1. The first-order valence-electron chi connectivity index (χ1n) is 6.80. The van der Waals surface area contributed by atoms with Crippen LogP contribution in [0.5, 0.6) is 17.2 Å². The molecule has 1 aromatic rings. The van der Waals surface area contributed by atoms with Crippen molar-refractivity contribution in [3.63, 3.8) is 0 Å². The molecule has 1 aliphatic rings. The molecule has 1 aromatic carbocycles. The molecule has 2 N–H and O–H groups in total. The van der Waals surface area contributed by atoms with Gasteiger partial charge in [-0.15, -0.1) is 0 Å². The van der Waals surface area contributed by atoms with Gasteiger partial charge in [-0.05, 0) is 25.8 Å². The second kappa shape index (κ2) is 5.70. The fourth-order valence-corrected chi connectivity index (χ4v) is 2.74.